The number of para-hydroxylation sites is 1. The zero-order valence-electron chi connectivity index (χ0n) is 21.0. The lowest BCUT2D eigenvalue weighted by atomic mass is 10.0. The number of hydrogen-bond donors (Lipinski definition) is 0. The van der Waals surface area contributed by atoms with E-state index in [1.165, 1.54) is 34.9 Å². The molecule has 1 aromatic heterocycles. The molecule has 0 radical (unpaired) electrons. The molecule has 2 heterocycles. The Morgan fingerprint density at radius 2 is 1.72 bits per heavy atom. The second-order valence-electron chi connectivity index (χ2n) is 9.04. The van der Waals surface area contributed by atoms with Crippen LogP contribution in [0.1, 0.15) is 36.5 Å². The van der Waals surface area contributed by atoms with Crippen molar-refractivity contribution < 1.29 is 18.0 Å². The highest BCUT2D eigenvalue weighted by Gasteiger charge is 2.32. The first-order chi connectivity index (χ1) is 18.7. The molecule has 1 aliphatic rings. The predicted molar refractivity (Wildman–Crippen MR) is 147 cm³/mol. The molecule has 39 heavy (non-hydrogen) atoms. The third-order valence-electron chi connectivity index (χ3n) is 6.04. The van der Waals surface area contributed by atoms with Crippen LogP contribution in [0.3, 0.4) is 0 Å². The van der Waals surface area contributed by atoms with Gasteiger partial charge in [-0.2, -0.15) is 18.3 Å². The van der Waals surface area contributed by atoms with E-state index in [1.54, 1.807) is 11.1 Å². The number of rotatable bonds is 6. The van der Waals surface area contributed by atoms with Crippen LogP contribution >= 0.6 is 11.8 Å². The standard InChI is InChI=1S/C28H23F3N6OS/c1-18(2)23-5-3-4-6-24(23)37-25(38)16-39-27(37)34-33-15-19-7-9-20(10-8-19)26-32-17-36(35-26)22-13-11-21(12-14-22)28(29,30)31/h3-15,17-18H,16H2,1-2H3/b33-15+,34-27-. The van der Waals surface area contributed by atoms with Crippen LogP contribution in [0, 0.1) is 0 Å². The van der Waals surface area contributed by atoms with Crippen LogP contribution in [-0.2, 0) is 11.0 Å². The van der Waals surface area contributed by atoms with E-state index in [4.69, 9.17) is 0 Å². The minimum absolute atomic E-state index is 0.0327. The number of anilines is 1. The molecule has 0 bridgehead atoms. The summed E-state index contributed by atoms with van der Waals surface area (Å²) in [7, 11) is 0. The number of carbonyl (C=O) groups is 1. The number of halogens is 3. The molecule has 0 aliphatic carbocycles. The largest absolute Gasteiger partial charge is 0.416 e. The summed E-state index contributed by atoms with van der Waals surface area (Å²) < 4.78 is 39.9. The molecule has 5 rings (SSSR count). The summed E-state index contributed by atoms with van der Waals surface area (Å²) in [5.74, 6) is 0.953. The summed E-state index contributed by atoms with van der Waals surface area (Å²) in [6, 6.07) is 19.8. The second kappa shape index (κ2) is 10.9. The summed E-state index contributed by atoms with van der Waals surface area (Å²) in [5, 5.41) is 13.4. The predicted octanol–water partition coefficient (Wildman–Crippen LogP) is 6.55. The number of amides is 1. The van der Waals surface area contributed by atoms with Gasteiger partial charge < -0.3 is 0 Å². The summed E-state index contributed by atoms with van der Waals surface area (Å²) in [6.07, 6.45) is -1.34. The van der Waals surface area contributed by atoms with Crippen LogP contribution in [0.25, 0.3) is 17.1 Å². The van der Waals surface area contributed by atoms with Crippen LogP contribution in [-0.4, -0.2) is 37.8 Å². The summed E-state index contributed by atoms with van der Waals surface area (Å²) >= 11 is 1.35. The van der Waals surface area contributed by atoms with Crippen molar-refractivity contribution in [2.45, 2.75) is 25.9 Å². The van der Waals surface area contributed by atoms with Gasteiger partial charge in [0.05, 0.1) is 28.9 Å². The molecule has 1 aliphatic heterocycles. The van der Waals surface area contributed by atoms with E-state index in [1.807, 2.05) is 48.5 Å². The summed E-state index contributed by atoms with van der Waals surface area (Å²) in [4.78, 5) is 18.5. The second-order valence-corrected chi connectivity index (χ2v) is 9.98. The van der Waals surface area contributed by atoms with Gasteiger partial charge in [-0.1, -0.05) is 68.1 Å². The number of hydrogen-bond acceptors (Lipinski definition) is 6. The topological polar surface area (TPSA) is 75.7 Å². The number of benzene rings is 3. The lowest BCUT2D eigenvalue weighted by molar-refractivity contribution is -0.137. The van der Waals surface area contributed by atoms with Gasteiger partial charge in [-0.3, -0.25) is 9.69 Å². The van der Waals surface area contributed by atoms with E-state index in [0.29, 0.717) is 22.4 Å². The van der Waals surface area contributed by atoms with Gasteiger partial charge in [-0.25, -0.2) is 9.67 Å². The Kier molecular flexibility index (Phi) is 7.34. The molecule has 11 heteroatoms. The van der Waals surface area contributed by atoms with E-state index in [2.05, 4.69) is 34.1 Å². The van der Waals surface area contributed by atoms with E-state index in [0.717, 1.165) is 34.5 Å². The first-order valence-corrected chi connectivity index (χ1v) is 13.0. The van der Waals surface area contributed by atoms with Crippen molar-refractivity contribution in [1.82, 2.24) is 14.8 Å². The summed E-state index contributed by atoms with van der Waals surface area (Å²) in [6.45, 7) is 4.17. The number of aromatic nitrogens is 3. The van der Waals surface area contributed by atoms with E-state index in [-0.39, 0.29) is 11.8 Å². The van der Waals surface area contributed by atoms with Gasteiger partial charge in [0, 0.05) is 5.56 Å². The third-order valence-corrected chi connectivity index (χ3v) is 6.95. The molecule has 1 amide bonds. The Bertz CT molecular complexity index is 1540. The normalized spacial score (nSPS) is 15.3. The van der Waals surface area contributed by atoms with Gasteiger partial charge in [-0.15, -0.1) is 10.2 Å². The molecule has 0 spiro atoms. The SMILES string of the molecule is CC(C)c1ccccc1N1C(=O)CS/C1=N\N=C\c1ccc(-c2ncn(-c3ccc(C(F)(F)F)cc3)n2)cc1. The van der Waals surface area contributed by atoms with Gasteiger partial charge in [-0.05, 0) is 47.4 Å². The monoisotopic (exact) mass is 548 g/mol. The van der Waals surface area contributed by atoms with Crippen LogP contribution in [0.5, 0.6) is 0 Å². The third kappa shape index (κ3) is 5.78. The molecule has 1 saturated heterocycles. The maximum Gasteiger partial charge on any atom is 0.416 e. The molecule has 4 aromatic rings. The molecule has 0 N–H and O–H groups in total. The van der Waals surface area contributed by atoms with Crippen molar-refractivity contribution in [2.24, 2.45) is 10.2 Å². The lowest BCUT2D eigenvalue weighted by Crippen LogP contribution is -2.30. The smallest absolute Gasteiger partial charge is 0.273 e. The van der Waals surface area contributed by atoms with Gasteiger partial charge in [0.2, 0.25) is 5.91 Å². The Balaban J connectivity index is 1.29. The minimum Gasteiger partial charge on any atom is -0.273 e. The van der Waals surface area contributed by atoms with Crippen molar-refractivity contribution in [3.05, 3.63) is 95.8 Å². The highest BCUT2D eigenvalue weighted by atomic mass is 32.2. The average molecular weight is 549 g/mol. The zero-order valence-corrected chi connectivity index (χ0v) is 21.8. The molecular weight excluding hydrogens is 525 g/mol. The van der Waals surface area contributed by atoms with Gasteiger partial charge in [0.25, 0.3) is 0 Å². The van der Waals surface area contributed by atoms with E-state index in [9.17, 15) is 18.0 Å². The highest BCUT2D eigenvalue weighted by Crippen LogP contribution is 2.33. The molecule has 3 aromatic carbocycles. The minimum atomic E-state index is -4.39. The average Bonchev–Trinajstić information content (AvgIpc) is 3.56. The molecule has 0 saturated carbocycles. The van der Waals surface area contributed by atoms with Crippen molar-refractivity contribution >= 4 is 34.7 Å². The Hall–Kier alpha value is -4.25. The maximum absolute atomic E-state index is 12.8. The molecule has 1 fully saturated rings. The number of alkyl halides is 3. The first-order valence-electron chi connectivity index (χ1n) is 12.1. The zero-order chi connectivity index (χ0) is 27.6. The number of amidine groups is 1. The molecular formula is C28H23F3N6OS. The Labute approximate surface area is 227 Å². The fourth-order valence-electron chi connectivity index (χ4n) is 4.04. The Morgan fingerprint density at radius 1 is 1.00 bits per heavy atom. The van der Waals surface area contributed by atoms with Gasteiger partial charge in [0.1, 0.15) is 6.33 Å². The summed E-state index contributed by atoms with van der Waals surface area (Å²) in [5.41, 5.74) is 3.16. The van der Waals surface area contributed by atoms with Crippen molar-refractivity contribution in [2.75, 3.05) is 10.7 Å². The van der Waals surface area contributed by atoms with E-state index < -0.39 is 11.7 Å². The number of thioether (sulfide) groups is 1. The van der Waals surface area contributed by atoms with Crippen LogP contribution < -0.4 is 4.90 Å². The number of nitrogens with zero attached hydrogens (tertiary/aromatic N) is 6. The molecule has 0 unspecified atom stereocenters. The van der Waals surface area contributed by atoms with Crippen LogP contribution in [0.4, 0.5) is 18.9 Å². The maximum atomic E-state index is 12.8. The van der Waals surface area contributed by atoms with Gasteiger partial charge >= 0.3 is 6.18 Å². The molecule has 0 atom stereocenters. The molecule has 7 nitrogen and oxygen atoms in total. The first kappa shape index (κ1) is 26.4. The van der Waals surface area contributed by atoms with E-state index >= 15 is 0 Å². The van der Waals surface area contributed by atoms with Crippen LogP contribution in [0.15, 0.2) is 89.3 Å². The van der Waals surface area contributed by atoms with Crippen molar-refractivity contribution in [3.8, 4) is 17.1 Å². The highest BCUT2D eigenvalue weighted by molar-refractivity contribution is 8.15. The Morgan fingerprint density at radius 3 is 2.41 bits per heavy atom. The van der Waals surface area contributed by atoms with Crippen molar-refractivity contribution in [3.63, 3.8) is 0 Å². The number of carbonyl (C=O) groups excluding carboxylic acids is 1. The lowest BCUT2D eigenvalue weighted by Gasteiger charge is -2.20. The van der Waals surface area contributed by atoms with Gasteiger partial charge in [0.15, 0.2) is 11.0 Å². The van der Waals surface area contributed by atoms with Crippen molar-refractivity contribution in [1.29, 1.82) is 0 Å². The van der Waals surface area contributed by atoms with Crippen LogP contribution in [0.2, 0.25) is 0 Å². The fraction of sp³-hybridized carbons (Fsp3) is 0.179. The quantitative estimate of drug-likeness (QED) is 0.202. The molecule has 198 valence electrons. The fourth-order valence-corrected chi connectivity index (χ4v) is 4.85.